The van der Waals surface area contributed by atoms with E-state index in [1.165, 1.54) is 0 Å². The van der Waals surface area contributed by atoms with E-state index >= 15 is 0 Å². The Morgan fingerprint density at radius 1 is 1.14 bits per heavy atom. The minimum absolute atomic E-state index is 0.464. The van der Waals surface area contributed by atoms with Crippen LogP contribution in [0.5, 0.6) is 0 Å². The lowest BCUT2D eigenvalue weighted by Gasteiger charge is -2.19. The third-order valence-corrected chi connectivity index (χ3v) is 3.05. The SMILES string of the molecule is CC(C)(C)OC(=O)Nc1ccc(NCc2ccc(Br)o2)cc1. The van der Waals surface area contributed by atoms with E-state index in [4.69, 9.17) is 9.15 Å². The Morgan fingerprint density at radius 2 is 1.77 bits per heavy atom. The van der Waals surface area contributed by atoms with Crippen LogP contribution in [0, 0.1) is 0 Å². The molecule has 0 radical (unpaired) electrons. The first kappa shape index (κ1) is 16.4. The number of ether oxygens (including phenoxy) is 1. The average Bonchev–Trinajstić information content (AvgIpc) is 2.81. The summed E-state index contributed by atoms with van der Waals surface area (Å²) in [5, 5.41) is 5.92. The average molecular weight is 367 g/mol. The van der Waals surface area contributed by atoms with Gasteiger partial charge >= 0.3 is 6.09 Å². The number of furan rings is 1. The molecule has 0 unspecified atom stereocenters. The van der Waals surface area contributed by atoms with E-state index < -0.39 is 11.7 Å². The molecule has 0 aliphatic carbocycles. The molecule has 1 heterocycles. The lowest BCUT2D eigenvalue weighted by molar-refractivity contribution is 0.0636. The largest absolute Gasteiger partial charge is 0.452 e. The number of amides is 1. The lowest BCUT2D eigenvalue weighted by Crippen LogP contribution is -2.27. The van der Waals surface area contributed by atoms with Crippen molar-refractivity contribution in [2.75, 3.05) is 10.6 Å². The Balaban J connectivity index is 1.86. The van der Waals surface area contributed by atoms with Gasteiger partial charge in [0.1, 0.15) is 11.4 Å². The van der Waals surface area contributed by atoms with Crippen molar-refractivity contribution in [2.45, 2.75) is 32.9 Å². The summed E-state index contributed by atoms with van der Waals surface area (Å²) < 4.78 is 11.3. The molecule has 0 aliphatic rings. The molecule has 0 atom stereocenters. The van der Waals surface area contributed by atoms with Gasteiger partial charge in [-0.2, -0.15) is 0 Å². The van der Waals surface area contributed by atoms with Crippen LogP contribution in [0.4, 0.5) is 16.2 Å². The molecule has 0 aliphatic heterocycles. The maximum Gasteiger partial charge on any atom is 0.412 e. The predicted molar refractivity (Wildman–Crippen MR) is 90.0 cm³/mol. The number of halogens is 1. The Morgan fingerprint density at radius 3 is 2.32 bits per heavy atom. The second-order valence-electron chi connectivity index (χ2n) is 5.76. The molecule has 0 spiro atoms. The molecule has 1 aromatic carbocycles. The van der Waals surface area contributed by atoms with Crippen molar-refractivity contribution in [3.05, 3.63) is 46.8 Å². The fourth-order valence-electron chi connectivity index (χ4n) is 1.73. The fraction of sp³-hybridized carbons (Fsp3) is 0.312. The second-order valence-corrected chi connectivity index (χ2v) is 6.55. The van der Waals surface area contributed by atoms with E-state index in [0.717, 1.165) is 11.4 Å². The van der Waals surface area contributed by atoms with Crippen molar-refractivity contribution in [3.8, 4) is 0 Å². The van der Waals surface area contributed by atoms with Crippen LogP contribution < -0.4 is 10.6 Å². The van der Waals surface area contributed by atoms with Gasteiger partial charge < -0.3 is 14.5 Å². The molecule has 5 nitrogen and oxygen atoms in total. The zero-order valence-corrected chi connectivity index (χ0v) is 14.4. The van der Waals surface area contributed by atoms with Crippen LogP contribution >= 0.6 is 15.9 Å². The van der Waals surface area contributed by atoms with E-state index in [9.17, 15) is 4.79 Å². The maximum absolute atomic E-state index is 11.7. The van der Waals surface area contributed by atoms with Gasteiger partial charge in [0.05, 0.1) is 6.54 Å². The summed E-state index contributed by atoms with van der Waals surface area (Å²) in [6, 6.07) is 11.1. The van der Waals surface area contributed by atoms with Gasteiger partial charge in [0, 0.05) is 11.4 Å². The second kappa shape index (κ2) is 6.87. The van der Waals surface area contributed by atoms with Gasteiger partial charge in [-0.1, -0.05) is 0 Å². The summed E-state index contributed by atoms with van der Waals surface area (Å²) >= 11 is 3.26. The topological polar surface area (TPSA) is 63.5 Å². The summed E-state index contributed by atoms with van der Waals surface area (Å²) in [5.41, 5.74) is 1.10. The van der Waals surface area contributed by atoms with Gasteiger partial charge in [0.2, 0.25) is 0 Å². The van der Waals surface area contributed by atoms with Gasteiger partial charge in [-0.25, -0.2) is 4.79 Å². The molecule has 0 fully saturated rings. The van der Waals surface area contributed by atoms with Crippen molar-refractivity contribution in [1.29, 1.82) is 0 Å². The van der Waals surface area contributed by atoms with E-state index in [1.54, 1.807) is 0 Å². The summed E-state index contributed by atoms with van der Waals surface area (Å²) in [6.07, 6.45) is -0.464. The molecule has 118 valence electrons. The molecule has 1 aromatic heterocycles. The van der Waals surface area contributed by atoms with E-state index in [0.29, 0.717) is 16.9 Å². The molecule has 1 amide bonds. The highest BCUT2D eigenvalue weighted by atomic mass is 79.9. The van der Waals surface area contributed by atoms with Crippen LogP contribution in [0.25, 0.3) is 0 Å². The van der Waals surface area contributed by atoms with E-state index in [1.807, 2.05) is 57.2 Å². The zero-order chi connectivity index (χ0) is 16.2. The molecule has 2 aromatic rings. The minimum Gasteiger partial charge on any atom is -0.452 e. The maximum atomic E-state index is 11.7. The molecule has 0 saturated heterocycles. The molecule has 2 rings (SSSR count). The van der Waals surface area contributed by atoms with Gasteiger partial charge in [-0.3, -0.25) is 5.32 Å². The minimum atomic E-state index is -0.511. The third kappa shape index (κ3) is 5.44. The van der Waals surface area contributed by atoms with Crippen LogP contribution in [-0.2, 0) is 11.3 Å². The summed E-state index contributed by atoms with van der Waals surface area (Å²) in [4.78, 5) is 11.7. The zero-order valence-electron chi connectivity index (χ0n) is 12.8. The Bertz CT molecular complexity index is 630. The van der Waals surface area contributed by atoms with Gasteiger partial charge in [-0.05, 0) is 73.1 Å². The van der Waals surface area contributed by atoms with Gasteiger partial charge in [0.25, 0.3) is 0 Å². The van der Waals surface area contributed by atoms with Crippen LogP contribution in [0.2, 0.25) is 0 Å². The highest BCUT2D eigenvalue weighted by Gasteiger charge is 2.16. The van der Waals surface area contributed by atoms with E-state index in [2.05, 4.69) is 26.6 Å². The number of nitrogens with one attached hydrogen (secondary N) is 2. The van der Waals surface area contributed by atoms with Crippen molar-refractivity contribution >= 4 is 33.4 Å². The number of hydrogen-bond donors (Lipinski definition) is 2. The molecular formula is C16H19BrN2O3. The number of carbonyl (C=O) groups is 1. The molecule has 0 saturated carbocycles. The molecule has 0 bridgehead atoms. The first-order valence-corrected chi connectivity index (χ1v) is 7.69. The van der Waals surface area contributed by atoms with E-state index in [-0.39, 0.29) is 0 Å². The van der Waals surface area contributed by atoms with Crippen molar-refractivity contribution in [2.24, 2.45) is 0 Å². The van der Waals surface area contributed by atoms with Crippen LogP contribution in [0.1, 0.15) is 26.5 Å². The quantitative estimate of drug-likeness (QED) is 0.798. The Kier molecular flexibility index (Phi) is 5.13. The molecular weight excluding hydrogens is 348 g/mol. The summed E-state index contributed by atoms with van der Waals surface area (Å²) in [6.45, 7) is 6.07. The van der Waals surface area contributed by atoms with Crippen LogP contribution in [-0.4, -0.2) is 11.7 Å². The number of benzene rings is 1. The highest BCUT2D eigenvalue weighted by molar-refractivity contribution is 9.10. The predicted octanol–water partition coefficient (Wildman–Crippen LogP) is 5.00. The molecule has 6 heteroatoms. The number of carbonyl (C=O) groups excluding carboxylic acids is 1. The van der Waals surface area contributed by atoms with Crippen molar-refractivity contribution in [1.82, 2.24) is 0 Å². The first-order chi connectivity index (χ1) is 10.3. The number of rotatable bonds is 4. The smallest absolute Gasteiger partial charge is 0.412 e. The van der Waals surface area contributed by atoms with Crippen molar-refractivity contribution in [3.63, 3.8) is 0 Å². The molecule has 2 N–H and O–H groups in total. The van der Waals surface area contributed by atoms with Crippen molar-refractivity contribution < 1.29 is 13.9 Å². The summed E-state index contributed by atoms with van der Waals surface area (Å²) in [7, 11) is 0. The standard InChI is InChI=1S/C16H19BrN2O3/c1-16(2,3)22-15(20)19-12-6-4-11(5-7-12)18-10-13-8-9-14(17)21-13/h4-9,18H,10H2,1-3H3,(H,19,20). The Hall–Kier alpha value is -1.95. The molecule has 22 heavy (non-hydrogen) atoms. The lowest BCUT2D eigenvalue weighted by atomic mass is 10.2. The van der Waals surface area contributed by atoms with Gasteiger partial charge in [-0.15, -0.1) is 0 Å². The van der Waals surface area contributed by atoms with Gasteiger partial charge in [0.15, 0.2) is 4.67 Å². The number of hydrogen-bond acceptors (Lipinski definition) is 4. The van der Waals surface area contributed by atoms with Crippen LogP contribution in [0.15, 0.2) is 45.5 Å². The Labute approximate surface area is 138 Å². The number of anilines is 2. The summed E-state index contributed by atoms with van der Waals surface area (Å²) in [5.74, 6) is 0.836. The first-order valence-electron chi connectivity index (χ1n) is 6.90. The van der Waals surface area contributed by atoms with Crippen LogP contribution in [0.3, 0.4) is 0 Å². The normalized spacial score (nSPS) is 11.1. The fourth-order valence-corrected chi connectivity index (χ4v) is 2.07. The monoisotopic (exact) mass is 366 g/mol. The highest BCUT2D eigenvalue weighted by Crippen LogP contribution is 2.18. The third-order valence-electron chi connectivity index (χ3n) is 2.63.